The maximum Gasteiger partial charge on any atom is 0.241 e. The van der Waals surface area contributed by atoms with E-state index in [0.717, 1.165) is 43.0 Å². The van der Waals surface area contributed by atoms with Crippen LogP contribution >= 0.6 is 0 Å². The van der Waals surface area contributed by atoms with Crippen LogP contribution in [0.3, 0.4) is 0 Å². The van der Waals surface area contributed by atoms with Crippen LogP contribution in [0.15, 0.2) is 53.2 Å². The largest absolute Gasteiger partial charge is 0.338 e. The van der Waals surface area contributed by atoms with E-state index < -0.39 is 0 Å². The van der Waals surface area contributed by atoms with Crippen LogP contribution in [0.25, 0.3) is 17.0 Å². The molecule has 3 aromatic heterocycles. The molecule has 0 N–H and O–H groups in total. The first-order chi connectivity index (χ1) is 13.8. The molecule has 1 aliphatic heterocycles. The Balaban J connectivity index is 1.22. The number of piperidine rings is 1. The first-order valence-corrected chi connectivity index (χ1v) is 9.37. The molecule has 4 heterocycles. The average molecular weight is 378 g/mol. The molecule has 1 aliphatic rings. The molecule has 0 spiro atoms. The van der Waals surface area contributed by atoms with Crippen molar-refractivity contribution in [1.82, 2.24) is 29.6 Å². The lowest BCUT2D eigenvalue weighted by Gasteiger charge is -2.29. The van der Waals surface area contributed by atoms with E-state index in [4.69, 9.17) is 4.52 Å². The standard InChI is InChI=1S/C20H19FN6O/c21-16-6-4-14(5-7-16)19-22-18(28-25-19)13-26-11-8-15(9-12-26)20-24-23-17-3-1-2-10-27(17)20/h1-7,10,15H,8-9,11-13H2. The molecule has 8 heteroatoms. The Bertz CT molecular complexity index is 1080. The highest BCUT2D eigenvalue weighted by molar-refractivity contribution is 5.53. The van der Waals surface area contributed by atoms with E-state index in [9.17, 15) is 4.39 Å². The Morgan fingerprint density at radius 3 is 2.68 bits per heavy atom. The Kier molecular flexibility index (Phi) is 4.32. The Morgan fingerprint density at radius 1 is 1.04 bits per heavy atom. The number of pyridine rings is 1. The van der Waals surface area contributed by atoms with E-state index in [1.807, 2.05) is 24.4 Å². The first-order valence-electron chi connectivity index (χ1n) is 9.37. The first kappa shape index (κ1) is 17.0. The highest BCUT2D eigenvalue weighted by Gasteiger charge is 2.25. The smallest absolute Gasteiger partial charge is 0.241 e. The molecule has 1 saturated heterocycles. The predicted octanol–water partition coefficient (Wildman–Crippen LogP) is 3.30. The molecule has 0 bridgehead atoms. The third-order valence-electron chi connectivity index (χ3n) is 5.22. The van der Waals surface area contributed by atoms with Gasteiger partial charge in [0.1, 0.15) is 11.6 Å². The highest BCUT2D eigenvalue weighted by atomic mass is 19.1. The summed E-state index contributed by atoms with van der Waals surface area (Å²) in [7, 11) is 0. The molecule has 0 aliphatic carbocycles. The summed E-state index contributed by atoms with van der Waals surface area (Å²) >= 11 is 0. The molecule has 0 atom stereocenters. The van der Waals surface area contributed by atoms with Gasteiger partial charge in [-0.05, 0) is 62.3 Å². The lowest BCUT2D eigenvalue weighted by molar-refractivity contribution is 0.178. The van der Waals surface area contributed by atoms with Crippen LogP contribution in [0.5, 0.6) is 0 Å². The molecule has 1 aromatic carbocycles. The lowest BCUT2D eigenvalue weighted by Crippen LogP contribution is -2.33. The molecule has 0 amide bonds. The number of hydrogen-bond acceptors (Lipinski definition) is 6. The van der Waals surface area contributed by atoms with Gasteiger partial charge in [0.05, 0.1) is 6.54 Å². The third kappa shape index (κ3) is 3.27. The Morgan fingerprint density at radius 2 is 1.86 bits per heavy atom. The van der Waals surface area contributed by atoms with Gasteiger partial charge in [0.25, 0.3) is 0 Å². The second-order valence-electron chi connectivity index (χ2n) is 7.06. The fourth-order valence-electron chi connectivity index (χ4n) is 3.71. The topological polar surface area (TPSA) is 72.4 Å². The molecule has 4 aromatic rings. The summed E-state index contributed by atoms with van der Waals surface area (Å²) in [5.41, 5.74) is 1.63. The minimum Gasteiger partial charge on any atom is -0.338 e. The van der Waals surface area contributed by atoms with Crippen LogP contribution in [0.4, 0.5) is 4.39 Å². The second kappa shape index (κ2) is 7.12. The Labute approximate surface area is 160 Å². The average Bonchev–Trinajstić information content (AvgIpc) is 3.36. The fraction of sp³-hybridized carbons (Fsp3) is 0.300. The van der Waals surface area contributed by atoms with Crippen LogP contribution in [0.1, 0.15) is 30.5 Å². The zero-order chi connectivity index (χ0) is 18.9. The van der Waals surface area contributed by atoms with Gasteiger partial charge in [-0.15, -0.1) is 10.2 Å². The number of likely N-dealkylation sites (tertiary alicyclic amines) is 1. The van der Waals surface area contributed by atoms with Gasteiger partial charge in [0, 0.05) is 17.7 Å². The van der Waals surface area contributed by atoms with Gasteiger partial charge in [-0.2, -0.15) is 4.98 Å². The number of aromatic nitrogens is 5. The number of rotatable bonds is 4. The van der Waals surface area contributed by atoms with Crippen LogP contribution < -0.4 is 0 Å². The molecular formula is C20H19FN6O. The number of hydrogen-bond donors (Lipinski definition) is 0. The molecule has 5 rings (SSSR count). The summed E-state index contributed by atoms with van der Waals surface area (Å²) in [5, 5.41) is 12.7. The number of benzene rings is 1. The van der Waals surface area contributed by atoms with Gasteiger partial charge in [0.15, 0.2) is 5.65 Å². The molecule has 7 nitrogen and oxygen atoms in total. The van der Waals surface area contributed by atoms with Crippen molar-refractivity contribution in [2.45, 2.75) is 25.3 Å². The van der Waals surface area contributed by atoms with Crippen LogP contribution in [-0.4, -0.2) is 42.7 Å². The van der Waals surface area contributed by atoms with Crippen LogP contribution in [0.2, 0.25) is 0 Å². The Hall–Kier alpha value is -3.13. The molecule has 0 saturated carbocycles. The van der Waals surface area contributed by atoms with Crippen LogP contribution in [0, 0.1) is 5.82 Å². The summed E-state index contributed by atoms with van der Waals surface area (Å²) in [6.07, 6.45) is 4.04. The van der Waals surface area contributed by atoms with E-state index in [2.05, 4.69) is 29.6 Å². The van der Waals surface area contributed by atoms with Crippen molar-refractivity contribution in [2.75, 3.05) is 13.1 Å². The second-order valence-corrected chi connectivity index (χ2v) is 7.06. The third-order valence-corrected chi connectivity index (χ3v) is 5.22. The number of nitrogens with zero attached hydrogens (tertiary/aromatic N) is 6. The van der Waals surface area contributed by atoms with E-state index in [-0.39, 0.29) is 5.82 Å². The van der Waals surface area contributed by atoms with Crippen molar-refractivity contribution in [3.63, 3.8) is 0 Å². The van der Waals surface area contributed by atoms with Gasteiger partial charge in [-0.1, -0.05) is 11.2 Å². The van der Waals surface area contributed by atoms with Crippen molar-refractivity contribution < 1.29 is 8.91 Å². The van der Waals surface area contributed by atoms with Gasteiger partial charge in [-0.25, -0.2) is 4.39 Å². The normalized spacial score (nSPS) is 16.0. The predicted molar refractivity (Wildman–Crippen MR) is 99.9 cm³/mol. The highest BCUT2D eigenvalue weighted by Crippen LogP contribution is 2.28. The maximum atomic E-state index is 13.1. The van der Waals surface area contributed by atoms with E-state index in [1.165, 1.54) is 12.1 Å². The van der Waals surface area contributed by atoms with Crippen molar-refractivity contribution in [2.24, 2.45) is 0 Å². The maximum absolute atomic E-state index is 13.1. The zero-order valence-electron chi connectivity index (χ0n) is 15.2. The summed E-state index contributed by atoms with van der Waals surface area (Å²) in [6, 6.07) is 12.0. The van der Waals surface area contributed by atoms with Crippen molar-refractivity contribution in [3.8, 4) is 11.4 Å². The van der Waals surface area contributed by atoms with E-state index in [1.54, 1.807) is 12.1 Å². The van der Waals surface area contributed by atoms with Gasteiger partial charge >= 0.3 is 0 Å². The minimum absolute atomic E-state index is 0.282. The molecular weight excluding hydrogens is 359 g/mol. The van der Waals surface area contributed by atoms with Crippen molar-refractivity contribution in [3.05, 3.63) is 66.2 Å². The van der Waals surface area contributed by atoms with Crippen molar-refractivity contribution in [1.29, 1.82) is 0 Å². The quantitative estimate of drug-likeness (QED) is 0.543. The summed E-state index contributed by atoms with van der Waals surface area (Å²) < 4.78 is 20.5. The number of fused-ring (bicyclic) bond motifs is 1. The van der Waals surface area contributed by atoms with Gasteiger partial charge < -0.3 is 4.52 Å². The fourth-order valence-corrected chi connectivity index (χ4v) is 3.71. The summed E-state index contributed by atoms with van der Waals surface area (Å²) in [5.74, 6) is 2.21. The molecule has 0 unspecified atom stereocenters. The van der Waals surface area contributed by atoms with Crippen LogP contribution in [-0.2, 0) is 6.54 Å². The molecule has 1 fully saturated rings. The lowest BCUT2D eigenvalue weighted by atomic mass is 9.96. The van der Waals surface area contributed by atoms with Gasteiger partial charge in [0.2, 0.25) is 11.7 Å². The zero-order valence-corrected chi connectivity index (χ0v) is 15.2. The minimum atomic E-state index is -0.282. The van der Waals surface area contributed by atoms with E-state index >= 15 is 0 Å². The monoisotopic (exact) mass is 378 g/mol. The van der Waals surface area contributed by atoms with Gasteiger partial charge in [-0.3, -0.25) is 9.30 Å². The molecule has 142 valence electrons. The SMILES string of the molecule is Fc1ccc(-c2noc(CN3CCC(c4nnc5ccccn45)CC3)n2)cc1. The summed E-state index contributed by atoms with van der Waals surface area (Å²) in [4.78, 5) is 6.75. The number of halogens is 1. The van der Waals surface area contributed by atoms with Crippen molar-refractivity contribution >= 4 is 5.65 Å². The summed E-state index contributed by atoms with van der Waals surface area (Å²) in [6.45, 7) is 2.48. The van der Waals surface area contributed by atoms with E-state index in [0.29, 0.717) is 24.2 Å². The molecule has 0 radical (unpaired) electrons. The molecule has 28 heavy (non-hydrogen) atoms.